The molecule has 0 N–H and O–H groups in total. The molecule has 0 aromatic carbocycles. The van der Waals surface area contributed by atoms with E-state index >= 15 is 0 Å². The summed E-state index contributed by atoms with van der Waals surface area (Å²) in [6.07, 6.45) is 7.00. The van der Waals surface area contributed by atoms with Crippen molar-refractivity contribution in [3.05, 3.63) is 49.1 Å². The van der Waals surface area contributed by atoms with Crippen LogP contribution in [0, 0.1) is 0 Å². The minimum atomic E-state index is 0. The Balaban J connectivity index is 0.000000167. The quantitative estimate of drug-likeness (QED) is 0.552. The number of nitrogens with zero attached hydrogens (tertiary/aromatic N) is 2. The van der Waals surface area contributed by atoms with E-state index in [1.54, 1.807) is 24.8 Å². The van der Waals surface area contributed by atoms with Crippen LogP contribution in [0.4, 0.5) is 0 Å². The molecule has 0 aliphatic rings. The van der Waals surface area contributed by atoms with Gasteiger partial charge in [0.1, 0.15) is 0 Å². The Morgan fingerprint density at radius 3 is 0.909 bits per heavy atom. The molecule has 2 aromatic heterocycles. The molecule has 0 saturated carbocycles. The summed E-state index contributed by atoms with van der Waals surface area (Å²) >= 11 is 0. The van der Waals surface area contributed by atoms with Gasteiger partial charge in [0.2, 0.25) is 0 Å². The Hall–Kier alpha value is -0.180. The number of hydrogen-bond acceptors (Lipinski definition) is 0. The molecule has 11 heavy (non-hydrogen) atoms. The normalized spacial score (nSPS) is 7.27. The van der Waals surface area contributed by atoms with Crippen LogP contribution in [-0.4, -0.2) is 37.7 Å². The van der Waals surface area contributed by atoms with Crippen molar-refractivity contribution in [1.82, 2.24) is 9.97 Å². The van der Waals surface area contributed by atoms with E-state index < -0.39 is 0 Å². The van der Waals surface area contributed by atoms with Crippen molar-refractivity contribution < 1.29 is 0 Å². The zero-order valence-electron chi connectivity index (χ0n) is 6.22. The second-order valence-electron chi connectivity index (χ2n) is 1.66. The Labute approximate surface area is 96.0 Å². The fourth-order valence-corrected chi connectivity index (χ4v) is 0.497. The first-order valence-electron chi connectivity index (χ1n) is 3.03. The monoisotopic (exact) mass is 172 g/mol. The first kappa shape index (κ1) is 10.8. The first-order valence-corrected chi connectivity index (χ1v) is 3.03. The molecule has 0 spiro atoms. The van der Waals surface area contributed by atoms with E-state index in [9.17, 15) is 0 Å². The summed E-state index contributed by atoms with van der Waals surface area (Å²) in [5.74, 6) is 0. The van der Waals surface area contributed by atoms with E-state index in [4.69, 9.17) is 0 Å². The molecule has 0 amide bonds. The third kappa shape index (κ3) is 6.23. The summed E-state index contributed by atoms with van der Waals surface area (Å²) in [6, 6.07) is 7.56. The van der Waals surface area contributed by atoms with Gasteiger partial charge in [-0.05, 0) is 0 Å². The van der Waals surface area contributed by atoms with Crippen molar-refractivity contribution in [3.8, 4) is 0 Å². The van der Waals surface area contributed by atoms with Crippen LogP contribution in [0.15, 0.2) is 49.1 Å². The molecule has 0 unspecified atom stereocenters. The molecular weight excluding hydrogens is 164 g/mol. The van der Waals surface area contributed by atoms with Crippen LogP contribution in [0.1, 0.15) is 0 Å². The predicted molar refractivity (Wildman–Crippen MR) is 45.3 cm³/mol. The van der Waals surface area contributed by atoms with E-state index in [1.807, 2.05) is 24.3 Å². The van der Waals surface area contributed by atoms with Gasteiger partial charge in [-0.2, -0.15) is 24.8 Å². The number of hydrogen-bond donors (Lipinski definition) is 0. The summed E-state index contributed by atoms with van der Waals surface area (Å²) in [6.45, 7) is 0. The molecular formula is C8H8CaN2. The molecule has 0 saturated heterocycles. The van der Waals surface area contributed by atoms with E-state index in [-0.39, 0.29) is 37.7 Å². The standard InChI is InChI=1S/2C4H4N.Ca/c2*1-2-4-5-3-1;/h2*1-4H;/q2*-1;+2. The summed E-state index contributed by atoms with van der Waals surface area (Å²) < 4.78 is 0. The molecule has 0 atom stereocenters. The Kier molecular flexibility index (Phi) is 7.79. The van der Waals surface area contributed by atoms with E-state index in [2.05, 4.69) is 9.97 Å². The maximum atomic E-state index is 3.72. The van der Waals surface area contributed by atoms with E-state index in [0.717, 1.165) is 0 Å². The second kappa shape index (κ2) is 7.92. The molecule has 0 bridgehead atoms. The van der Waals surface area contributed by atoms with E-state index in [0.29, 0.717) is 0 Å². The van der Waals surface area contributed by atoms with Crippen LogP contribution >= 0.6 is 0 Å². The third-order valence-corrected chi connectivity index (χ3v) is 0.911. The van der Waals surface area contributed by atoms with Gasteiger partial charge < -0.3 is 9.97 Å². The maximum absolute atomic E-state index is 3.72. The summed E-state index contributed by atoms with van der Waals surface area (Å²) in [7, 11) is 0. The summed E-state index contributed by atoms with van der Waals surface area (Å²) in [5.41, 5.74) is 0. The SMILES string of the molecule is [Ca+2].c1cc[n-]c1.c1cc[n-]c1. The van der Waals surface area contributed by atoms with Gasteiger partial charge in [0.25, 0.3) is 0 Å². The molecule has 2 nitrogen and oxygen atoms in total. The van der Waals surface area contributed by atoms with Crippen LogP contribution in [0.5, 0.6) is 0 Å². The molecule has 0 radical (unpaired) electrons. The van der Waals surface area contributed by atoms with Gasteiger partial charge in [0.05, 0.1) is 0 Å². The number of aromatic nitrogens is 2. The molecule has 2 rings (SSSR count). The van der Waals surface area contributed by atoms with Crippen molar-refractivity contribution in [3.63, 3.8) is 0 Å². The molecule has 2 heterocycles. The van der Waals surface area contributed by atoms with Crippen LogP contribution in [0.2, 0.25) is 0 Å². The van der Waals surface area contributed by atoms with Gasteiger partial charge in [0.15, 0.2) is 0 Å². The van der Waals surface area contributed by atoms with Gasteiger partial charge in [0, 0.05) is 0 Å². The van der Waals surface area contributed by atoms with Gasteiger partial charge in [-0.3, -0.25) is 0 Å². The van der Waals surface area contributed by atoms with Crippen molar-refractivity contribution >= 4 is 37.7 Å². The molecule has 3 heteroatoms. The van der Waals surface area contributed by atoms with E-state index in [1.165, 1.54) is 0 Å². The van der Waals surface area contributed by atoms with Crippen LogP contribution in [0.3, 0.4) is 0 Å². The van der Waals surface area contributed by atoms with Crippen molar-refractivity contribution in [2.24, 2.45) is 0 Å². The second-order valence-corrected chi connectivity index (χ2v) is 1.66. The zero-order valence-corrected chi connectivity index (χ0v) is 8.43. The fraction of sp³-hybridized carbons (Fsp3) is 0. The minimum absolute atomic E-state index is 0. The van der Waals surface area contributed by atoms with Crippen molar-refractivity contribution in [1.29, 1.82) is 0 Å². The van der Waals surface area contributed by atoms with Crippen molar-refractivity contribution in [2.45, 2.75) is 0 Å². The average Bonchev–Trinajstić information content (AvgIpc) is 2.67. The molecule has 2 aromatic rings. The minimum Gasteiger partial charge on any atom is -0.670 e. The Morgan fingerprint density at radius 1 is 0.545 bits per heavy atom. The maximum Gasteiger partial charge on any atom is 2.00 e. The molecule has 52 valence electrons. The van der Waals surface area contributed by atoms with Crippen LogP contribution in [-0.2, 0) is 0 Å². The zero-order chi connectivity index (χ0) is 7.07. The smallest absolute Gasteiger partial charge is 0.670 e. The summed E-state index contributed by atoms with van der Waals surface area (Å²) in [5, 5.41) is 0. The Morgan fingerprint density at radius 2 is 0.818 bits per heavy atom. The molecule has 0 aliphatic carbocycles. The van der Waals surface area contributed by atoms with Gasteiger partial charge >= 0.3 is 37.7 Å². The topological polar surface area (TPSA) is 28.2 Å². The first-order chi connectivity index (χ1) is 5.00. The molecule has 0 fully saturated rings. The summed E-state index contributed by atoms with van der Waals surface area (Å²) in [4.78, 5) is 7.44. The third-order valence-electron chi connectivity index (χ3n) is 0.911. The van der Waals surface area contributed by atoms with Crippen molar-refractivity contribution in [2.75, 3.05) is 0 Å². The van der Waals surface area contributed by atoms with Gasteiger partial charge in [-0.1, -0.05) is 24.3 Å². The Bertz CT molecular complexity index is 151. The average molecular weight is 172 g/mol. The van der Waals surface area contributed by atoms with Gasteiger partial charge in [-0.25, -0.2) is 0 Å². The number of rotatable bonds is 0. The largest absolute Gasteiger partial charge is 2.00 e. The van der Waals surface area contributed by atoms with Gasteiger partial charge in [-0.15, -0.1) is 0 Å². The fourth-order valence-electron chi connectivity index (χ4n) is 0.497. The van der Waals surface area contributed by atoms with Crippen LogP contribution in [0.25, 0.3) is 0 Å². The predicted octanol–water partition coefficient (Wildman–Crippen LogP) is 0.907. The molecule has 0 aliphatic heterocycles. The van der Waals surface area contributed by atoms with Crippen LogP contribution < -0.4 is 9.97 Å².